The van der Waals surface area contributed by atoms with Crippen LogP contribution >= 0.6 is 0 Å². The second kappa shape index (κ2) is 5.43. The van der Waals surface area contributed by atoms with Crippen molar-refractivity contribution in [1.82, 2.24) is 4.98 Å². The molecule has 0 atom stereocenters. The Balaban J connectivity index is 2.10. The Morgan fingerprint density at radius 2 is 1.68 bits per heavy atom. The normalized spacial score (nSPS) is 11.4. The summed E-state index contributed by atoms with van der Waals surface area (Å²) in [6.45, 7) is 9.08. The smallest absolute Gasteiger partial charge is 0.141 e. The average Bonchev–Trinajstić information content (AvgIpc) is 2.37. The molecule has 2 aromatic rings. The van der Waals surface area contributed by atoms with Crippen LogP contribution in [0.25, 0.3) is 0 Å². The van der Waals surface area contributed by atoms with Crippen molar-refractivity contribution in [3.63, 3.8) is 0 Å². The Labute approximate surface area is 115 Å². The number of hydrogen-bond donors (Lipinski definition) is 0. The van der Waals surface area contributed by atoms with Crippen LogP contribution in [0.2, 0.25) is 0 Å². The van der Waals surface area contributed by atoms with E-state index in [1.54, 1.807) is 0 Å². The van der Waals surface area contributed by atoms with Gasteiger partial charge in [-0.05, 0) is 24.6 Å². The fraction of sp³-hybridized carbons (Fsp3) is 0.353. The van der Waals surface area contributed by atoms with Gasteiger partial charge in [-0.1, -0.05) is 51.1 Å². The summed E-state index contributed by atoms with van der Waals surface area (Å²) in [4.78, 5) is 4.63. The van der Waals surface area contributed by atoms with E-state index in [0.29, 0.717) is 6.61 Å². The number of aryl methyl sites for hydroxylation is 1. The minimum atomic E-state index is 0.0721. The van der Waals surface area contributed by atoms with Crippen LogP contribution in [0.15, 0.2) is 42.5 Å². The number of aromatic nitrogens is 1. The SMILES string of the molecule is Cc1nc(C(C)(C)C)ccc1OCc1ccccc1. The number of nitrogens with zero attached hydrogens (tertiary/aromatic N) is 1. The summed E-state index contributed by atoms with van der Waals surface area (Å²) >= 11 is 0. The minimum absolute atomic E-state index is 0.0721. The van der Waals surface area contributed by atoms with Crippen LogP contribution in [-0.4, -0.2) is 4.98 Å². The molecule has 2 heteroatoms. The Hall–Kier alpha value is -1.83. The molecule has 0 fully saturated rings. The first kappa shape index (κ1) is 13.6. The van der Waals surface area contributed by atoms with Gasteiger partial charge < -0.3 is 4.74 Å². The lowest BCUT2D eigenvalue weighted by molar-refractivity contribution is 0.302. The molecule has 0 spiro atoms. The van der Waals surface area contributed by atoms with Gasteiger partial charge in [-0.3, -0.25) is 4.98 Å². The van der Waals surface area contributed by atoms with E-state index in [1.807, 2.05) is 37.3 Å². The van der Waals surface area contributed by atoms with E-state index in [9.17, 15) is 0 Å². The first-order valence-electron chi connectivity index (χ1n) is 6.61. The van der Waals surface area contributed by atoms with E-state index in [2.05, 4.69) is 37.9 Å². The van der Waals surface area contributed by atoms with Gasteiger partial charge in [-0.2, -0.15) is 0 Å². The van der Waals surface area contributed by atoms with Crippen LogP contribution in [-0.2, 0) is 12.0 Å². The van der Waals surface area contributed by atoms with E-state index in [1.165, 1.54) is 5.56 Å². The first-order chi connectivity index (χ1) is 8.97. The summed E-state index contributed by atoms with van der Waals surface area (Å²) in [6.07, 6.45) is 0. The molecule has 1 aromatic carbocycles. The van der Waals surface area contributed by atoms with Crippen molar-refractivity contribution >= 4 is 0 Å². The lowest BCUT2D eigenvalue weighted by Gasteiger charge is -2.19. The Morgan fingerprint density at radius 3 is 2.26 bits per heavy atom. The van der Waals surface area contributed by atoms with Crippen molar-refractivity contribution in [3.05, 3.63) is 59.4 Å². The molecule has 0 bridgehead atoms. The molecule has 0 radical (unpaired) electrons. The Bertz CT molecular complexity index is 541. The summed E-state index contributed by atoms with van der Waals surface area (Å²) in [7, 11) is 0. The van der Waals surface area contributed by atoms with E-state index >= 15 is 0 Å². The zero-order valence-corrected chi connectivity index (χ0v) is 12.1. The van der Waals surface area contributed by atoms with Crippen molar-refractivity contribution in [2.24, 2.45) is 0 Å². The molecule has 0 aliphatic carbocycles. The van der Waals surface area contributed by atoms with Gasteiger partial charge in [-0.15, -0.1) is 0 Å². The van der Waals surface area contributed by atoms with Gasteiger partial charge in [0.15, 0.2) is 0 Å². The lowest BCUT2D eigenvalue weighted by atomic mass is 9.91. The third-order valence-electron chi connectivity index (χ3n) is 3.04. The minimum Gasteiger partial charge on any atom is -0.487 e. The summed E-state index contributed by atoms with van der Waals surface area (Å²) in [5.74, 6) is 0.858. The Kier molecular flexibility index (Phi) is 3.89. The second-order valence-corrected chi connectivity index (χ2v) is 5.80. The van der Waals surface area contributed by atoms with Gasteiger partial charge in [-0.25, -0.2) is 0 Å². The van der Waals surface area contributed by atoms with Gasteiger partial charge in [0.2, 0.25) is 0 Å². The van der Waals surface area contributed by atoms with Crippen LogP contribution in [0.1, 0.15) is 37.7 Å². The van der Waals surface area contributed by atoms with Crippen molar-refractivity contribution in [1.29, 1.82) is 0 Å². The molecule has 0 N–H and O–H groups in total. The topological polar surface area (TPSA) is 22.1 Å². The first-order valence-corrected chi connectivity index (χ1v) is 6.61. The number of hydrogen-bond acceptors (Lipinski definition) is 2. The maximum Gasteiger partial charge on any atom is 0.141 e. The summed E-state index contributed by atoms with van der Waals surface area (Å²) in [5.41, 5.74) is 3.28. The molecule has 1 aromatic heterocycles. The molecule has 100 valence electrons. The average molecular weight is 255 g/mol. The molecule has 0 amide bonds. The quantitative estimate of drug-likeness (QED) is 0.817. The monoisotopic (exact) mass is 255 g/mol. The molecule has 19 heavy (non-hydrogen) atoms. The lowest BCUT2D eigenvalue weighted by Crippen LogP contribution is -2.14. The summed E-state index contributed by atoms with van der Waals surface area (Å²) in [5, 5.41) is 0. The highest BCUT2D eigenvalue weighted by molar-refractivity contribution is 5.31. The van der Waals surface area contributed by atoms with Crippen LogP contribution < -0.4 is 4.74 Å². The van der Waals surface area contributed by atoms with Crippen LogP contribution in [0, 0.1) is 6.92 Å². The van der Waals surface area contributed by atoms with Gasteiger partial charge in [0.25, 0.3) is 0 Å². The van der Waals surface area contributed by atoms with Crippen LogP contribution in [0.5, 0.6) is 5.75 Å². The largest absolute Gasteiger partial charge is 0.487 e. The van der Waals surface area contributed by atoms with Gasteiger partial charge in [0.05, 0.1) is 5.69 Å². The van der Waals surface area contributed by atoms with Crippen molar-refractivity contribution in [2.75, 3.05) is 0 Å². The molecule has 0 aliphatic heterocycles. The van der Waals surface area contributed by atoms with Crippen molar-refractivity contribution < 1.29 is 4.74 Å². The molecular formula is C17H21NO. The molecule has 0 unspecified atom stereocenters. The third kappa shape index (κ3) is 3.57. The molecule has 0 aliphatic rings. The summed E-state index contributed by atoms with van der Waals surface area (Å²) in [6, 6.07) is 14.2. The number of pyridine rings is 1. The van der Waals surface area contributed by atoms with Crippen molar-refractivity contribution in [2.45, 2.75) is 39.7 Å². The van der Waals surface area contributed by atoms with Gasteiger partial charge in [0, 0.05) is 11.1 Å². The number of benzene rings is 1. The molecule has 1 heterocycles. The highest BCUT2D eigenvalue weighted by atomic mass is 16.5. The van der Waals surface area contributed by atoms with E-state index in [0.717, 1.165) is 17.1 Å². The molecule has 0 saturated carbocycles. The fourth-order valence-corrected chi connectivity index (χ4v) is 1.85. The Morgan fingerprint density at radius 1 is 1.00 bits per heavy atom. The number of ether oxygens (including phenoxy) is 1. The van der Waals surface area contributed by atoms with Crippen LogP contribution in [0.4, 0.5) is 0 Å². The maximum absolute atomic E-state index is 5.83. The van der Waals surface area contributed by atoms with E-state index in [-0.39, 0.29) is 5.41 Å². The zero-order valence-electron chi connectivity index (χ0n) is 12.1. The second-order valence-electron chi connectivity index (χ2n) is 5.80. The zero-order chi connectivity index (χ0) is 13.9. The third-order valence-corrected chi connectivity index (χ3v) is 3.04. The maximum atomic E-state index is 5.83. The number of rotatable bonds is 3. The fourth-order valence-electron chi connectivity index (χ4n) is 1.85. The van der Waals surface area contributed by atoms with E-state index in [4.69, 9.17) is 4.74 Å². The highest BCUT2D eigenvalue weighted by Gasteiger charge is 2.16. The summed E-state index contributed by atoms with van der Waals surface area (Å²) < 4.78 is 5.83. The molecule has 2 nitrogen and oxygen atoms in total. The molecule has 2 rings (SSSR count). The molecular weight excluding hydrogens is 234 g/mol. The highest BCUT2D eigenvalue weighted by Crippen LogP contribution is 2.24. The van der Waals surface area contributed by atoms with E-state index < -0.39 is 0 Å². The van der Waals surface area contributed by atoms with Crippen LogP contribution in [0.3, 0.4) is 0 Å². The van der Waals surface area contributed by atoms with Crippen molar-refractivity contribution in [3.8, 4) is 5.75 Å². The van der Waals surface area contributed by atoms with Gasteiger partial charge in [0.1, 0.15) is 12.4 Å². The predicted molar refractivity (Wildman–Crippen MR) is 78.4 cm³/mol. The van der Waals surface area contributed by atoms with Gasteiger partial charge >= 0.3 is 0 Å². The predicted octanol–water partition coefficient (Wildman–Crippen LogP) is 4.27. The standard InChI is InChI=1S/C17H21NO/c1-13-15(10-11-16(18-13)17(2,3)4)19-12-14-8-6-5-7-9-14/h5-11H,12H2,1-4H3. The molecule has 0 saturated heterocycles.